The molecule has 1 N–H and O–H groups in total. The number of para-hydroxylation sites is 1. The molecule has 0 saturated carbocycles. The molecule has 0 aliphatic carbocycles. The average Bonchev–Trinajstić information content (AvgIpc) is 2.93. The fourth-order valence-corrected chi connectivity index (χ4v) is 2.06. The monoisotopic (exact) mass is 290 g/mol. The van der Waals surface area contributed by atoms with Crippen molar-refractivity contribution in [2.75, 3.05) is 10.2 Å². The molecule has 6 nitrogen and oxygen atoms in total. The van der Waals surface area contributed by atoms with Gasteiger partial charge in [-0.15, -0.1) is 5.10 Å². The lowest BCUT2D eigenvalue weighted by atomic mass is 10.2. The van der Waals surface area contributed by atoms with E-state index in [0.717, 1.165) is 16.4 Å². The summed E-state index contributed by atoms with van der Waals surface area (Å²) in [7, 11) is 0. The summed E-state index contributed by atoms with van der Waals surface area (Å²) in [5.41, 5.74) is 0.622. The van der Waals surface area contributed by atoms with E-state index in [1.54, 1.807) is 38.1 Å². The highest BCUT2D eigenvalue weighted by atomic mass is 32.1. The molecule has 7 heteroatoms. The molecule has 0 spiro atoms. The highest BCUT2D eigenvalue weighted by Crippen LogP contribution is 2.21. The summed E-state index contributed by atoms with van der Waals surface area (Å²) in [5, 5.41) is 6.75. The summed E-state index contributed by atoms with van der Waals surface area (Å²) in [4.78, 5) is 25.6. The van der Waals surface area contributed by atoms with Crippen LogP contribution in [0.4, 0.5) is 15.5 Å². The molecule has 0 fully saturated rings. The van der Waals surface area contributed by atoms with Crippen LogP contribution in [0.25, 0.3) is 0 Å². The Morgan fingerprint density at radius 3 is 2.50 bits per heavy atom. The Labute approximate surface area is 120 Å². The zero-order valence-corrected chi connectivity index (χ0v) is 11.9. The normalized spacial score (nSPS) is 10.3. The first-order valence-electron chi connectivity index (χ1n) is 6.07. The molecule has 104 valence electrons. The maximum Gasteiger partial charge on any atom is 0.333 e. The van der Waals surface area contributed by atoms with Crippen molar-refractivity contribution in [1.82, 2.24) is 9.59 Å². The Morgan fingerprint density at radius 1 is 1.25 bits per heavy atom. The van der Waals surface area contributed by atoms with E-state index in [9.17, 15) is 9.59 Å². The third-order valence-electron chi connectivity index (χ3n) is 2.51. The van der Waals surface area contributed by atoms with E-state index in [4.69, 9.17) is 0 Å². The van der Waals surface area contributed by atoms with Gasteiger partial charge in [-0.25, -0.2) is 9.69 Å². The van der Waals surface area contributed by atoms with Crippen LogP contribution in [0.2, 0.25) is 0 Å². The fraction of sp³-hybridized carbons (Fsp3) is 0.231. The van der Waals surface area contributed by atoms with Gasteiger partial charge in [0, 0.05) is 23.1 Å². The Balaban J connectivity index is 2.23. The molecule has 1 aromatic carbocycles. The maximum atomic E-state index is 12.3. The molecule has 0 unspecified atom stereocenters. The fourth-order valence-electron chi connectivity index (χ4n) is 1.53. The standard InChI is InChI=1S/C13H14N4O2S/c1-9(2)12(18)17(11-8-14-16-20-11)13(19)15-10-6-4-3-5-7-10/h3-9H,1-2H3,(H,15,19). The molecular weight excluding hydrogens is 276 g/mol. The highest BCUT2D eigenvalue weighted by Gasteiger charge is 2.27. The molecule has 0 bridgehead atoms. The number of carbonyl (C=O) groups is 2. The van der Waals surface area contributed by atoms with Gasteiger partial charge in [-0.3, -0.25) is 4.79 Å². The van der Waals surface area contributed by atoms with Gasteiger partial charge in [0.05, 0.1) is 6.20 Å². The minimum absolute atomic E-state index is 0.301. The Hall–Kier alpha value is -2.28. The molecule has 2 rings (SSSR count). The second-order valence-electron chi connectivity index (χ2n) is 4.38. The molecule has 2 aromatic rings. The number of nitrogens with one attached hydrogen (secondary N) is 1. The summed E-state index contributed by atoms with van der Waals surface area (Å²) in [6, 6.07) is 8.44. The maximum absolute atomic E-state index is 12.3. The van der Waals surface area contributed by atoms with Crippen LogP contribution >= 0.6 is 11.5 Å². The minimum Gasteiger partial charge on any atom is -0.307 e. The van der Waals surface area contributed by atoms with E-state index in [1.165, 1.54) is 6.20 Å². The average molecular weight is 290 g/mol. The highest BCUT2D eigenvalue weighted by molar-refractivity contribution is 7.10. The van der Waals surface area contributed by atoms with Crippen molar-refractivity contribution in [3.8, 4) is 0 Å². The first-order chi connectivity index (χ1) is 9.59. The lowest BCUT2D eigenvalue weighted by molar-refractivity contribution is -0.120. The predicted molar refractivity (Wildman–Crippen MR) is 77.7 cm³/mol. The van der Waals surface area contributed by atoms with Gasteiger partial charge >= 0.3 is 6.03 Å². The van der Waals surface area contributed by atoms with Crippen LogP contribution in [0, 0.1) is 5.92 Å². The number of hydrogen-bond donors (Lipinski definition) is 1. The number of amides is 3. The van der Waals surface area contributed by atoms with Crippen LogP contribution in [0.3, 0.4) is 0 Å². The molecule has 1 aromatic heterocycles. The van der Waals surface area contributed by atoms with Crippen molar-refractivity contribution in [3.63, 3.8) is 0 Å². The van der Waals surface area contributed by atoms with Crippen molar-refractivity contribution in [2.24, 2.45) is 5.92 Å². The zero-order valence-electron chi connectivity index (χ0n) is 11.1. The molecule has 1 heterocycles. The molecule has 0 aliphatic heterocycles. The van der Waals surface area contributed by atoms with E-state index in [1.807, 2.05) is 6.07 Å². The third kappa shape index (κ3) is 3.18. The van der Waals surface area contributed by atoms with Gasteiger partial charge in [0.2, 0.25) is 5.91 Å². The van der Waals surface area contributed by atoms with Gasteiger partial charge in [-0.05, 0) is 12.1 Å². The van der Waals surface area contributed by atoms with Crippen LogP contribution in [0.1, 0.15) is 13.8 Å². The van der Waals surface area contributed by atoms with Gasteiger partial charge in [0.25, 0.3) is 0 Å². The summed E-state index contributed by atoms with van der Waals surface area (Å²) in [6.07, 6.45) is 1.40. The summed E-state index contributed by atoms with van der Waals surface area (Å²) in [6.45, 7) is 3.47. The molecule has 20 heavy (non-hydrogen) atoms. The van der Waals surface area contributed by atoms with Gasteiger partial charge in [-0.2, -0.15) is 0 Å². The molecule has 0 aliphatic rings. The third-order valence-corrected chi connectivity index (χ3v) is 3.16. The zero-order chi connectivity index (χ0) is 14.5. The Morgan fingerprint density at radius 2 is 1.95 bits per heavy atom. The predicted octanol–water partition coefficient (Wildman–Crippen LogP) is 2.76. The minimum atomic E-state index is -0.513. The molecule has 0 saturated heterocycles. The molecule has 3 amide bonds. The second-order valence-corrected chi connectivity index (χ2v) is 5.14. The van der Waals surface area contributed by atoms with Crippen LogP contribution in [-0.2, 0) is 4.79 Å². The quantitative estimate of drug-likeness (QED) is 0.943. The number of benzene rings is 1. The van der Waals surface area contributed by atoms with Gasteiger partial charge in [0.1, 0.15) is 5.00 Å². The molecular formula is C13H14N4O2S. The summed E-state index contributed by atoms with van der Waals surface area (Å²) in [5.74, 6) is -0.608. The number of urea groups is 1. The lowest BCUT2D eigenvalue weighted by Gasteiger charge is -2.20. The van der Waals surface area contributed by atoms with Crippen LogP contribution < -0.4 is 10.2 Å². The van der Waals surface area contributed by atoms with Crippen LogP contribution in [0.15, 0.2) is 36.5 Å². The number of anilines is 2. The number of aromatic nitrogens is 2. The number of rotatable bonds is 3. The van der Waals surface area contributed by atoms with E-state index >= 15 is 0 Å². The smallest absolute Gasteiger partial charge is 0.307 e. The van der Waals surface area contributed by atoms with Crippen molar-refractivity contribution >= 4 is 34.2 Å². The SMILES string of the molecule is CC(C)C(=O)N(C(=O)Nc1ccccc1)c1cnns1. The van der Waals surface area contributed by atoms with Crippen LogP contribution in [-0.4, -0.2) is 21.5 Å². The van der Waals surface area contributed by atoms with Gasteiger partial charge in [0.15, 0.2) is 0 Å². The number of hydrogen-bond acceptors (Lipinski definition) is 5. The number of imide groups is 1. The largest absolute Gasteiger partial charge is 0.333 e. The van der Waals surface area contributed by atoms with Crippen molar-refractivity contribution in [2.45, 2.75) is 13.8 Å². The molecule has 0 atom stereocenters. The topological polar surface area (TPSA) is 75.2 Å². The lowest BCUT2D eigenvalue weighted by Crippen LogP contribution is -2.42. The van der Waals surface area contributed by atoms with E-state index in [2.05, 4.69) is 14.9 Å². The Bertz CT molecular complexity index is 584. The summed E-state index contributed by atoms with van der Waals surface area (Å²) < 4.78 is 3.69. The second kappa shape index (κ2) is 6.25. The van der Waals surface area contributed by atoms with E-state index in [-0.39, 0.29) is 11.8 Å². The van der Waals surface area contributed by atoms with Crippen molar-refractivity contribution in [1.29, 1.82) is 0 Å². The van der Waals surface area contributed by atoms with E-state index in [0.29, 0.717) is 10.7 Å². The Kier molecular flexibility index (Phi) is 4.41. The van der Waals surface area contributed by atoms with Gasteiger partial charge in [-0.1, -0.05) is 36.5 Å². The molecule has 0 radical (unpaired) electrons. The van der Waals surface area contributed by atoms with E-state index < -0.39 is 6.03 Å². The van der Waals surface area contributed by atoms with Gasteiger partial charge < -0.3 is 5.32 Å². The number of carbonyl (C=O) groups excluding carboxylic acids is 2. The first kappa shape index (κ1) is 14.1. The van der Waals surface area contributed by atoms with Crippen molar-refractivity contribution < 1.29 is 9.59 Å². The van der Waals surface area contributed by atoms with Crippen LogP contribution in [0.5, 0.6) is 0 Å². The number of nitrogens with zero attached hydrogens (tertiary/aromatic N) is 3. The van der Waals surface area contributed by atoms with Crippen molar-refractivity contribution in [3.05, 3.63) is 36.5 Å². The first-order valence-corrected chi connectivity index (χ1v) is 6.84. The summed E-state index contributed by atoms with van der Waals surface area (Å²) >= 11 is 0.999.